The molecule has 0 amide bonds. The van der Waals surface area contributed by atoms with E-state index in [2.05, 4.69) is 26.2 Å². The zero-order valence-corrected chi connectivity index (χ0v) is 10.6. The van der Waals surface area contributed by atoms with E-state index in [1.165, 1.54) is 0 Å². The molecule has 1 aromatic heterocycles. The van der Waals surface area contributed by atoms with E-state index in [-0.39, 0.29) is 0 Å². The Bertz CT molecular complexity index is 485. The van der Waals surface area contributed by atoms with Gasteiger partial charge in [-0.15, -0.1) is 5.10 Å². The Kier molecular flexibility index (Phi) is 2.82. The van der Waals surface area contributed by atoms with Gasteiger partial charge in [-0.2, -0.15) is 0 Å². The smallest absolute Gasteiger partial charge is 0.103 e. The molecule has 0 unspecified atom stereocenters. The van der Waals surface area contributed by atoms with Gasteiger partial charge in [-0.1, -0.05) is 21.1 Å². The molecule has 0 saturated heterocycles. The van der Waals surface area contributed by atoms with Crippen molar-refractivity contribution in [2.75, 3.05) is 0 Å². The molecule has 2 aromatic rings. The third kappa shape index (κ3) is 2.15. The van der Waals surface area contributed by atoms with Crippen molar-refractivity contribution < 1.29 is 5.11 Å². The lowest BCUT2D eigenvalue weighted by Gasteiger charge is -2.17. The van der Waals surface area contributed by atoms with Crippen LogP contribution in [0.15, 0.2) is 34.9 Å². The number of hydrogen-bond acceptors (Lipinski definition) is 3. The summed E-state index contributed by atoms with van der Waals surface area (Å²) in [6.07, 6.45) is 1.57. The van der Waals surface area contributed by atoms with Crippen LogP contribution in [0.2, 0.25) is 0 Å². The second-order valence-corrected chi connectivity index (χ2v) is 4.98. The Morgan fingerprint density at radius 3 is 2.44 bits per heavy atom. The van der Waals surface area contributed by atoms with Crippen molar-refractivity contribution in [1.29, 1.82) is 0 Å². The summed E-state index contributed by atoms with van der Waals surface area (Å²) in [5, 5.41) is 17.8. The molecule has 1 aromatic carbocycles. The SMILES string of the molecule is CC(C)(O)c1cnnn1-c1ccc(Br)cc1. The van der Waals surface area contributed by atoms with Crippen LogP contribution in [0, 0.1) is 0 Å². The van der Waals surface area contributed by atoms with Crippen molar-refractivity contribution in [1.82, 2.24) is 15.0 Å². The maximum Gasteiger partial charge on any atom is 0.103 e. The molecule has 1 N–H and O–H groups in total. The highest BCUT2D eigenvalue weighted by molar-refractivity contribution is 9.10. The molecule has 84 valence electrons. The maximum absolute atomic E-state index is 9.96. The minimum Gasteiger partial charge on any atom is -0.384 e. The molecule has 5 heteroatoms. The highest BCUT2D eigenvalue weighted by Gasteiger charge is 2.22. The first-order valence-electron chi connectivity index (χ1n) is 4.88. The molecule has 0 spiro atoms. The molecule has 4 nitrogen and oxygen atoms in total. The first-order valence-corrected chi connectivity index (χ1v) is 5.67. The van der Waals surface area contributed by atoms with Gasteiger partial charge >= 0.3 is 0 Å². The summed E-state index contributed by atoms with van der Waals surface area (Å²) in [6.45, 7) is 3.42. The summed E-state index contributed by atoms with van der Waals surface area (Å²) in [5.41, 5.74) is 0.573. The van der Waals surface area contributed by atoms with Crippen LogP contribution in [0.3, 0.4) is 0 Å². The van der Waals surface area contributed by atoms with Crippen LogP contribution in [-0.4, -0.2) is 20.1 Å². The quantitative estimate of drug-likeness (QED) is 0.919. The fourth-order valence-corrected chi connectivity index (χ4v) is 1.69. The zero-order valence-electron chi connectivity index (χ0n) is 9.05. The fourth-order valence-electron chi connectivity index (χ4n) is 1.43. The largest absolute Gasteiger partial charge is 0.384 e. The molecule has 0 atom stereocenters. The summed E-state index contributed by atoms with van der Waals surface area (Å²) >= 11 is 3.37. The lowest BCUT2D eigenvalue weighted by molar-refractivity contribution is 0.0711. The second kappa shape index (κ2) is 3.99. The van der Waals surface area contributed by atoms with Crippen LogP contribution in [-0.2, 0) is 5.60 Å². The molecule has 0 saturated carbocycles. The predicted molar refractivity (Wildman–Crippen MR) is 64.3 cm³/mol. The maximum atomic E-state index is 9.96. The fraction of sp³-hybridized carbons (Fsp3) is 0.273. The Labute approximate surface area is 102 Å². The molecular formula is C11H12BrN3O. The number of nitrogens with zero attached hydrogens (tertiary/aromatic N) is 3. The van der Waals surface area contributed by atoms with E-state index in [0.717, 1.165) is 10.2 Å². The van der Waals surface area contributed by atoms with Gasteiger partial charge in [0.2, 0.25) is 0 Å². The Balaban J connectivity index is 2.49. The predicted octanol–water partition coefficient (Wildman–Crippen LogP) is 2.26. The van der Waals surface area contributed by atoms with Crippen LogP contribution in [0.5, 0.6) is 0 Å². The number of benzene rings is 1. The molecule has 0 aliphatic rings. The molecule has 0 aliphatic heterocycles. The van der Waals surface area contributed by atoms with Crippen molar-refractivity contribution in [2.24, 2.45) is 0 Å². The van der Waals surface area contributed by atoms with E-state index in [1.54, 1.807) is 24.7 Å². The van der Waals surface area contributed by atoms with Crippen molar-refractivity contribution in [3.63, 3.8) is 0 Å². The van der Waals surface area contributed by atoms with Crippen molar-refractivity contribution in [2.45, 2.75) is 19.4 Å². The van der Waals surface area contributed by atoms with Gasteiger partial charge < -0.3 is 5.11 Å². The Morgan fingerprint density at radius 1 is 1.25 bits per heavy atom. The lowest BCUT2D eigenvalue weighted by Crippen LogP contribution is -2.20. The molecule has 0 bridgehead atoms. The van der Waals surface area contributed by atoms with Crippen LogP contribution >= 0.6 is 15.9 Å². The highest BCUT2D eigenvalue weighted by Crippen LogP contribution is 2.22. The number of halogens is 1. The van der Waals surface area contributed by atoms with Crippen molar-refractivity contribution >= 4 is 15.9 Å². The van der Waals surface area contributed by atoms with E-state index >= 15 is 0 Å². The Hall–Kier alpha value is -1.20. The molecule has 0 aliphatic carbocycles. The van der Waals surface area contributed by atoms with E-state index in [0.29, 0.717) is 5.69 Å². The van der Waals surface area contributed by atoms with Gasteiger partial charge in [0.1, 0.15) is 5.60 Å². The topological polar surface area (TPSA) is 50.9 Å². The molecule has 0 fully saturated rings. The van der Waals surface area contributed by atoms with E-state index in [1.807, 2.05) is 24.3 Å². The van der Waals surface area contributed by atoms with E-state index < -0.39 is 5.60 Å². The number of aliphatic hydroxyl groups is 1. The normalized spacial score (nSPS) is 11.8. The number of aromatic nitrogens is 3. The Morgan fingerprint density at radius 2 is 1.88 bits per heavy atom. The van der Waals surface area contributed by atoms with Gasteiger partial charge in [0, 0.05) is 4.47 Å². The van der Waals surface area contributed by atoms with Gasteiger partial charge in [-0.3, -0.25) is 0 Å². The minimum absolute atomic E-state index is 0.662. The molecule has 1 heterocycles. The average molecular weight is 282 g/mol. The van der Waals surface area contributed by atoms with Crippen LogP contribution < -0.4 is 0 Å². The first kappa shape index (κ1) is 11.3. The average Bonchev–Trinajstić information content (AvgIpc) is 2.66. The molecule has 0 radical (unpaired) electrons. The van der Waals surface area contributed by atoms with Gasteiger partial charge in [-0.25, -0.2) is 4.68 Å². The number of hydrogen-bond donors (Lipinski definition) is 1. The highest BCUT2D eigenvalue weighted by atomic mass is 79.9. The molecular weight excluding hydrogens is 270 g/mol. The lowest BCUT2D eigenvalue weighted by atomic mass is 10.1. The summed E-state index contributed by atoms with van der Waals surface area (Å²) in [6, 6.07) is 7.67. The van der Waals surface area contributed by atoms with Crippen LogP contribution in [0.25, 0.3) is 5.69 Å². The van der Waals surface area contributed by atoms with Crippen LogP contribution in [0.4, 0.5) is 0 Å². The summed E-state index contributed by atoms with van der Waals surface area (Å²) < 4.78 is 2.63. The third-order valence-corrected chi connectivity index (χ3v) is 2.78. The summed E-state index contributed by atoms with van der Waals surface area (Å²) in [5.74, 6) is 0. The van der Waals surface area contributed by atoms with Crippen molar-refractivity contribution in [3.05, 3.63) is 40.6 Å². The van der Waals surface area contributed by atoms with Gasteiger partial charge in [0.15, 0.2) is 0 Å². The third-order valence-electron chi connectivity index (χ3n) is 2.25. The zero-order chi connectivity index (χ0) is 11.8. The molecule has 2 rings (SSSR count). The van der Waals surface area contributed by atoms with Crippen LogP contribution in [0.1, 0.15) is 19.5 Å². The standard InChI is InChI=1S/C11H12BrN3O/c1-11(2,16)10-7-13-14-15(10)9-5-3-8(12)4-6-9/h3-7,16H,1-2H3. The summed E-state index contributed by atoms with van der Waals surface area (Å²) in [4.78, 5) is 0. The minimum atomic E-state index is -0.962. The van der Waals surface area contributed by atoms with E-state index in [9.17, 15) is 5.11 Å². The van der Waals surface area contributed by atoms with Crippen molar-refractivity contribution in [3.8, 4) is 5.69 Å². The summed E-state index contributed by atoms with van der Waals surface area (Å²) in [7, 11) is 0. The van der Waals surface area contributed by atoms with Gasteiger partial charge in [0.25, 0.3) is 0 Å². The first-order chi connectivity index (χ1) is 7.48. The monoisotopic (exact) mass is 281 g/mol. The van der Waals surface area contributed by atoms with Gasteiger partial charge in [-0.05, 0) is 38.1 Å². The number of rotatable bonds is 2. The molecule has 16 heavy (non-hydrogen) atoms. The van der Waals surface area contributed by atoms with Gasteiger partial charge in [0.05, 0.1) is 17.6 Å². The second-order valence-electron chi connectivity index (χ2n) is 4.07. The van der Waals surface area contributed by atoms with E-state index in [4.69, 9.17) is 0 Å².